The Hall–Kier alpha value is -1.32. The van der Waals surface area contributed by atoms with Gasteiger partial charge in [-0.3, -0.25) is 4.98 Å². The molecule has 0 aliphatic heterocycles. The van der Waals surface area contributed by atoms with Gasteiger partial charge in [-0.1, -0.05) is 0 Å². The third-order valence-electron chi connectivity index (χ3n) is 0.695. The third kappa shape index (κ3) is 0.676. The SMILES string of the molecule is N=Cc1coc(=O)[nH]1. The molecule has 1 aromatic rings. The Morgan fingerprint density at radius 2 is 2.62 bits per heavy atom. The molecule has 0 amide bonds. The van der Waals surface area contributed by atoms with E-state index in [1.54, 1.807) is 0 Å². The van der Waals surface area contributed by atoms with Crippen molar-refractivity contribution >= 4 is 6.21 Å². The van der Waals surface area contributed by atoms with Gasteiger partial charge in [0.25, 0.3) is 0 Å². The number of hydrogen-bond donors (Lipinski definition) is 2. The van der Waals surface area contributed by atoms with E-state index in [1.165, 1.54) is 6.26 Å². The normalized spacial score (nSPS) is 9.00. The zero-order chi connectivity index (χ0) is 5.98. The maximum absolute atomic E-state index is 10.1. The molecule has 0 radical (unpaired) electrons. The molecule has 0 aromatic carbocycles. The highest BCUT2D eigenvalue weighted by Crippen LogP contribution is 1.80. The summed E-state index contributed by atoms with van der Waals surface area (Å²) in [5.74, 6) is -0.525. The van der Waals surface area contributed by atoms with Crippen molar-refractivity contribution in [1.82, 2.24) is 4.98 Å². The highest BCUT2D eigenvalue weighted by Gasteiger charge is 1.88. The number of aromatic nitrogens is 1. The summed E-state index contributed by atoms with van der Waals surface area (Å²) in [6.07, 6.45) is 2.19. The van der Waals surface area contributed by atoms with Crippen molar-refractivity contribution in [3.63, 3.8) is 0 Å². The van der Waals surface area contributed by atoms with E-state index in [0.717, 1.165) is 6.21 Å². The fraction of sp³-hybridized carbons (Fsp3) is 0. The van der Waals surface area contributed by atoms with Gasteiger partial charge in [0.2, 0.25) is 0 Å². The van der Waals surface area contributed by atoms with Crippen molar-refractivity contribution in [1.29, 1.82) is 5.41 Å². The van der Waals surface area contributed by atoms with Crippen LogP contribution in [-0.4, -0.2) is 11.2 Å². The number of rotatable bonds is 1. The minimum atomic E-state index is -0.525. The van der Waals surface area contributed by atoms with E-state index in [-0.39, 0.29) is 0 Å². The lowest BCUT2D eigenvalue weighted by Crippen LogP contribution is -1.95. The number of aromatic amines is 1. The first-order valence-corrected chi connectivity index (χ1v) is 2.01. The molecule has 0 unspecified atom stereocenters. The summed E-state index contributed by atoms with van der Waals surface area (Å²) in [5, 5.41) is 6.60. The predicted octanol–water partition coefficient (Wildman–Crippen LogP) is -0.0344. The highest BCUT2D eigenvalue weighted by atomic mass is 16.4. The van der Waals surface area contributed by atoms with Gasteiger partial charge in [0.15, 0.2) is 0 Å². The van der Waals surface area contributed by atoms with E-state index in [2.05, 4.69) is 9.40 Å². The van der Waals surface area contributed by atoms with Gasteiger partial charge in [0.1, 0.15) is 6.26 Å². The Morgan fingerprint density at radius 1 is 1.88 bits per heavy atom. The molecule has 8 heavy (non-hydrogen) atoms. The van der Waals surface area contributed by atoms with Crippen LogP contribution in [0, 0.1) is 5.41 Å². The quantitative estimate of drug-likeness (QED) is 0.500. The first-order chi connectivity index (χ1) is 3.83. The summed E-state index contributed by atoms with van der Waals surface area (Å²) in [5.41, 5.74) is 0.384. The van der Waals surface area contributed by atoms with Gasteiger partial charge in [-0.2, -0.15) is 0 Å². The summed E-state index contributed by atoms with van der Waals surface area (Å²) in [7, 11) is 0. The van der Waals surface area contributed by atoms with Gasteiger partial charge in [-0.05, 0) is 0 Å². The van der Waals surface area contributed by atoms with E-state index >= 15 is 0 Å². The van der Waals surface area contributed by atoms with Crippen LogP contribution in [0.1, 0.15) is 5.69 Å². The highest BCUT2D eigenvalue weighted by molar-refractivity contribution is 5.72. The summed E-state index contributed by atoms with van der Waals surface area (Å²) >= 11 is 0. The molecule has 4 heteroatoms. The van der Waals surface area contributed by atoms with Gasteiger partial charge in [-0.25, -0.2) is 4.79 Å². The Balaban J connectivity index is 3.18. The molecular weight excluding hydrogens is 108 g/mol. The minimum Gasteiger partial charge on any atom is -0.416 e. The molecule has 0 bridgehead atoms. The summed E-state index contributed by atoms with van der Waals surface area (Å²) < 4.78 is 4.29. The molecule has 1 heterocycles. The Bertz CT molecular complexity index is 234. The van der Waals surface area contributed by atoms with Crippen LogP contribution >= 0.6 is 0 Å². The van der Waals surface area contributed by atoms with Crippen molar-refractivity contribution in [3.8, 4) is 0 Å². The smallest absolute Gasteiger partial charge is 0.416 e. The summed E-state index contributed by atoms with van der Waals surface area (Å²) in [6, 6.07) is 0. The molecule has 0 atom stereocenters. The molecule has 2 N–H and O–H groups in total. The van der Waals surface area contributed by atoms with Crippen LogP contribution in [0.5, 0.6) is 0 Å². The van der Waals surface area contributed by atoms with Crippen LogP contribution < -0.4 is 5.76 Å². The molecule has 0 saturated carbocycles. The number of H-pyrrole nitrogens is 1. The topological polar surface area (TPSA) is 69.8 Å². The van der Waals surface area contributed by atoms with E-state index in [4.69, 9.17) is 5.41 Å². The number of oxazole rings is 1. The zero-order valence-corrected chi connectivity index (χ0v) is 3.97. The van der Waals surface area contributed by atoms with Gasteiger partial charge in [0.05, 0.1) is 5.69 Å². The van der Waals surface area contributed by atoms with Crippen LogP contribution in [-0.2, 0) is 0 Å². The van der Waals surface area contributed by atoms with Gasteiger partial charge >= 0.3 is 5.76 Å². The standard InChI is InChI=1S/C4H4N2O2/c5-1-3-2-8-4(7)6-3/h1-2,5H,(H,6,7). The van der Waals surface area contributed by atoms with E-state index < -0.39 is 5.76 Å². The second-order valence-electron chi connectivity index (χ2n) is 1.25. The molecule has 1 aromatic heterocycles. The maximum Gasteiger partial charge on any atom is 0.416 e. The molecule has 0 saturated heterocycles. The van der Waals surface area contributed by atoms with Crippen molar-refractivity contribution in [2.45, 2.75) is 0 Å². The lowest BCUT2D eigenvalue weighted by atomic mass is 10.5. The average Bonchev–Trinajstić information content (AvgIpc) is 2.14. The van der Waals surface area contributed by atoms with Crippen molar-refractivity contribution in [3.05, 3.63) is 22.5 Å². The van der Waals surface area contributed by atoms with Crippen LogP contribution in [0.25, 0.3) is 0 Å². The van der Waals surface area contributed by atoms with Crippen molar-refractivity contribution in [2.75, 3.05) is 0 Å². The Morgan fingerprint density at radius 3 is 2.88 bits per heavy atom. The van der Waals surface area contributed by atoms with E-state index in [0.29, 0.717) is 5.69 Å². The fourth-order valence-electron chi connectivity index (χ4n) is 0.364. The third-order valence-corrected chi connectivity index (χ3v) is 0.695. The first-order valence-electron chi connectivity index (χ1n) is 2.01. The van der Waals surface area contributed by atoms with E-state index in [9.17, 15) is 4.79 Å². The molecule has 42 valence electrons. The van der Waals surface area contributed by atoms with Gasteiger partial charge < -0.3 is 9.83 Å². The Labute approximate surface area is 44.7 Å². The van der Waals surface area contributed by atoms with E-state index in [1.807, 2.05) is 0 Å². The van der Waals surface area contributed by atoms with Crippen molar-refractivity contribution < 1.29 is 4.42 Å². The lowest BCUT2D eigenvalue weighted by molar-refractivity contribution is 0.515. The zero-order valence-electron chi connectivity index (χ0n) is 3.97. The van der Waals surface area contributed by atoms with Gasteiger partial charge in [-0.15, -0.1) is 0 Å². The second-order valence-corrected chi connectivity index (χ2v) is 1.25. The maximum atomic E-state index is 10.1. The van der Waals surface area contributed by atoms with Crippen LogP contribution in [0.15, 0.2) is 15.5 Å². The molecule has 0 spiro atoms. The van der Waals surface area contributed by atoms with Gasteiger partial charge in [0, 0.05) is 6.21 Å². The average molecular weight is 112 g/mol. The predicted molar refractivity (Wildman–Crippen MR) is 27.2 cm³/mol. The van der Waals surface area contributed by atoms with Crippen LogP contribution in [0.2, 0.25) is 0 Å². The first kappa shape index (κ1) is 4.83. The fourth-order valence-corrected chi connectivity index (χ4v) is 0.364. The molecule has 4 nitrogen and oxygen atoms in total. The van der Waals surface area contributed by atoms with Crippen LogP contribution in [0.3, 0.4) is 0 Å². The second kappa shape index (κ2) is 1.65. The molecular formula is C4H4N2O2. The molecule has 1 rings (SSSR count). The molecule has 0 aliphatic rings. The lowest BCUT2D eigenvalue weighted by Gasteiger charge is -1.68. The summed E-state index contributed by atoms with van der Waals surface area (Å²) in [4.78, 5) is 12.4. The largest absolute Gasteiger partial charge is 0.416 e. The number of hydrogen-bond acceptors (Lipinski definition) is 3. The monoisotopic (exact) mass is 112 g/mol. The summed E-state index contributed by atoms with van der Waals surface area (Å²) in [6.45, 7) is 0. The Kier molecular flexibility index (Phi) is 0.997. The number of nitrogens with one attached hydrogen (secondary N) is 2. The minimum absolute atomic E-state index is 0.384. The molecule has 0 aliphatic carbocycles. The molecule has 0 fully saturated rings. The van der Waals surface area contributed by atoms with Crippen LogP contribution in [0.4, 0.5) is 0 Å². The van der Waals surface area contributed by atoms with Crippen molar-refractivity contribution in [2.24, 2.45) is 0 Å².